The summed E-state index contributed by atoms with van der Waals surface area (Å²) in [6.07, 6.45) is 32.4. The average molecular weight is 415 g/mol. The van der Waals surface area contributed by atoms with Crippen LogP contribution in [0.2, 0.25) is 0 Å². The van der Waals surface area contributed by atoms with E-state index in [1.165, 1.54) is 135 Å². The maximum atomic E-state index is 6.59. The van der Waals surface area contributed by atoms with Crippen molar-refractivity contribution < 1.29 is 0 Å². The second kappa shape index (κ2) is 22.0. The number of unbranched alkanes of at least 4 members (excludes halogenated alkanes) is 19. The molecule has 0 unspecified atom stereocenters. The van der Waals surface area contributed by atoms with Gasteiger partial charge in [0, 0.05) is 4.87 Å². The highest BCUT2D eigenvalue weighted by molar-refractivity contribution is 6.23. The molecule has 0 radical (unpaired) electrons. The Morgan fingerprint density at radius 1 is 0.393 bits per heavy atom. The van der Waals surface area contributed by atoms with E-state index in [1.54, 1.807) is 0 Å². The van der Waals surface area contributed by atoms with Gasteiger partial charge in [-0.15, -0.1) is 11.6 Å². The summed E-state index contributed by atoms with van der Waals surface area (Å²) in [5, 5.41) is 0. The van der Waals surface area contributed by atoms with Gasteiger partial charge >= 0.3 is 0 Å². The summed E-state index contributed by atoms with van der Waals surface area (Å²) in [6.45, 7) is 6.76. The van der Waals surface area contributed by atoms with Gasteiger partial charge in [0.2, 0.25) is 0 Å². The molecule has 0 fully saturated rings. The van der Waals surface area contributed by atoms with Crippen molar-refractivity contribution in [2.45, 2.75) is 173 Å². The van der Waals surface area contributed by atoms with Crippen LogP contribution >= 0.6 is 11.6 Å². The van der Waals surface area contributed by atoms with Gasteiger partial charge in [0.15, 0.2) is 0 Å². The third-order valence-corrected chi connectivity index (χ3v) is 7.47. The van der Waals surface area contributed by atoms with Gasteiger partial charge in [0.05, 0.1) is 0 Å². The molecule has 0 N–H and O–H groups in total. The number of hydrogen-bond donors (Lipinski definition) is 0. The van der Waals surface area contributed by atoms with Crippen LogP contribution in [0, 0.1) is 0 Å². The first-order chi connectivity index (χ1) is 13.7. The van der Waals surface area contributed by atoms with Crippen molar-refractivity contribution in [1.29, 1.82) is 0 Å². The summed E-state index contributed by atoms with van der Waals surface area (Å²) in [6, 6.07) is 0. The van der Waals surface area contributed by atoms with E-state index in [2.05, 4.69) is 20.8 Å². The Kier molecular flexibility index (Phi) is 22.2. The molecule has 0 amide bonds. The van der Waals surface area contributed by atoms with Crippen LogP contribution in [0.4, 0.5) is 0 Å². The molecule has 170 valence electrons. The Morgan fingerprint density at radius 3 is 0.893 bits per heavy atom. The summed E-state index contributed by atoms with van der Waals surface area (Å²) in [5.74, 6) is 0. The molecule has 0 spiro atoms. The Labute approximate surface area is 185 Å². The van der Waals surface area contributed by atoms with Gasteiger partial charge < -0.3 is 0 Å². The maximum Gasteiger partial charge on any atom is 0.0441 e. The van der Waals surface area contributed by atoms with E-state index >= 15 is 0 Å². The van der Waals surface area contributed by atoms with Crippen LogP contribution in [0.3, 0.4) is 0 Å². The minimum absolute atomic E-state index is 0.0915. The van der Waals surface area contributed by atoms with Crippen LogP contribution in [0.15, 0.2) is 0 Å². The number of hydrogen-bond acceptors (Lipinski definition) is 0. The molecule has 0 nitrogen and oxygen atoms in total. The zero-order valence-corrected chi connectivity index (χ0v) is 20.9. The zero-order chi connectivity index (χ0) is 20.8. The van der Waals surface area contributed by atoms with Crippen molar-refractivity contribution in [3.8, 4) is 0 Å². The number of halogens is 1. The predicted molar refractivity (Wildman–Crippen MR) is 132 cm³/mol. The lowest BCUT2D eigenvalue weighted by Gasteiger charge is -2.23. The third-order valence-electron chi connectivity index (χ3n) is 6.75. The highest BCUT2D eigenvalue weighted by atomic mass is 35.5. The van der Waals surface area contributed by atoms with E-state index in [9.17, 15) is 0 Å². The van der Waals surface area contributed by atoms with Crippen LogP contribution in [-0.2, 0) is 0 Å². The fraction of sp³-hybridized carbons (Fsp3) is 1.00. The van der Waals surface area contributed by atoms with Gasteiger partial charge in [0.25, 0.3) is 0 Å². The SMILES string of the molecule is CCCCCCCCCCCCCCCCCCCCCCC(Cl)(CC)CC. The molecule has 0 aromatic rings. The van der Waals surface area contributed by atoms with Gasteiger partial charge in [-0.1, -0.05) is 149 Å². The fourth-order valence-electron chi connectivity index (χ4n) is 4.30. The van der Waals surface area contributed by atoms with Crippen molar-refractivity contribution in [2.75, 3.05) is 0 Å². The topological polar surface area (TPSA) is 0 Å². The fourth-order valence-corrected chi connectivity index (χ4v) is 4.43. The molecule has 28 heavy (non-hydrogen) atoms. The summed E-state index contributed by atoms with van der Waals surface area (Å²) >= 11 is 6.59. The minimum atomic E-state index is 0.0915. The van der Waals surface area contributed by atoms with Gasteiger partial charge in [0.1, 0.15) is 0 Å². The van der Waals surface area contributed by atoms with E-state index in [0.717, 1.165) is 12.8 Å². The van der Waals surface area contributed by atoms with Crippen molar-refractivity contribution in [1.82, 2.24) is 0 Å². The first-order valence-corrected chi connectivity index (χ1v) is 13.7. The van der Waals surface area contributed by atoms with E-state index in [0.29, 0.717) is 0 Å². The van der Waals surface area contributed by atoms with Crippen molar-refractivity contribution in [3.05, 3.63) is 0 Å². The molecule has 0 saturated heterocycles. The molecule has 0 atom stereocenters. The van der Waals surface area contributed by atoms with Crippen LogP contribution in [0.1, 0.15) is 168 Å². The first kappa shape index (κ1) is 28.3. The monoisotopic (exact) mass is 414 g/mol. The lowest BCUT2D eigenvalue weighted by molar-refractivity contribution is 0.457. The van der Waals surface area contributed by atoms with E-state index in [1.807, 2.05) is 0 Å². The smallest absolute Gasteiger partial charge is 0.0441 e. The summed E-state index contributed by atoms with van der Waals surface area (Å²) < 4.78 is 0. The second-order valence-electron chi connectivity index (χ2n) is 9.33. The Bertz CT molecular complexity index is 282. The highest BCUT2D eigenvalue weighted by Gasteiger charge is 2.21. The quantitative estimate of drug-likeness (QED) is 0.115. The highest BCUT2D eigenvalue weighted by Crippen LogP contribution is 2.30. The summed E-state index contributed by atoms with van der Waals surface area (Å²) in [5.41, 5.74) is 0. The number of rotatable bonds is 23. The molecule has 0 aliphatic carbocycles. The summed E-state index contributed by atoms with van der Waals surface area (Å²) in [7, 11) is 0. The molecule has 0 aliphatic rings. The van der Waals surface area contributed by atoms with Crippen molar-refractivity contribution in [3.63, 3.8) is 0 Å². The molecule has 0 rings (SSSR count). The zero-order valence-electron chi connectivity index (χ0n) is 20.1. The minimum Gasteiger partial charge on any atom is -0.119 e. The largest absolute Gasteiger partial charge is 0.119 e. The normalized spacial score (nSPS) is 12.0. The van der Waals surface area contributed by atoms with Gasteiger partial charge in [-0.2, -0.15) is 0 Å². The lowest BCUT2D eigenvalue weighted by atomic mass is 9.94. The van der Waals surface area contributed by atoms with Crippen LogP contribution in [-0.4, -0.2) is 4.87 Å². The first-order valence-electron chi connectivity index (χ1n) is 13.4. The van der Waals surface area contributed by atoms with E-state index in [4.69, 9.17) is 11.6 Å². The molecule has 0 bridgehead atoms. The van der Waals surface area contributed by atoms with Crippen LogP contribution in [0.5, 0.6) is 0 Å². The Balaban J connectivity index is 3.11. The molecule has 0 aromatic carbocycles. The molecule has 0 aromatic heterocycles. The predicted octanol–water partition coefficient (Wildman–Crippen LogP) is 11.0. The van der Waals surface area contributed by atoms with E-state index < -0.39 is 0 Å². The molecular weight excluding hydrogens is 360 g/mol. The van der Waals surface area contributed by atoms with Gasteiger partial charge in [-0.05, 0) is 19.3 Å². The summed E-state index contributed by atoms with van der Waals surface area (Å²) in [4.78, 5) is 0.0915. The van der Waals surface area contributed by atoms with Gasteiger partial charge in [-0.25, -0.2) is 0 Å². The van der Waals surface area contributed by atoms with Crippen molar-refractivity contribution in [2.24, 2.45) is 0 Å². The molecule has 0 heterocycles. The second-order valence-corrected chi connectivity index (χ2v) is 10.1. The Hall–Kier alpha value is 0.290. The van der Waals surface area contributed by atoms with Crippen molar-refractivity contribution >= 4 is 11.6 Å². The maximum absolute atomic E-state index is 6.59. The molecule has 0 aliphatic heterocycles. The number of alkyl halides is 1. The molecule has 1 heteroatoms. The average Bonchev–Trinajstić information content (AvgIpc) is 2.72. The Morgan fingerprint density at radius 2 is 0.643 bits per heavy atom. The standard InChI is InChI=1S/C27H55Cl/c1-4-7-8-9-10-11-12-13-14-15-16-17-18-19-20-21-22-23-24-25-26-27(28,5-2)6-3/h4-26H2,1-3H3. The van der Waals surface area contributed by atoms with Crippen LogP contribution < -0.4 is 0 Å². The molecular formula is C27H55Cl. The van der Waals surface area contributed by atoms with E-state index in [-0.39, 0.29) is 4.87 Å². The molecule has 0 saturated carbocycles. The lowest BCUT2D eigenvalue weighted by Crippen LogP contribution is -2.18. The van der Waals surface area contributed by atoms with Crippen LogP contribution in [0.25, 0.3) is 0 Å². The third kappa shape index (κ3) is 19.6. The van der Waals surface area contributed by atoms with Gasteiger partial charge in [-0.3, -0.25) is 0 Å².